The van der Waals surface area contributed by atoms with Crippen LogP contribution >= 0.6 is 0 Å². The highest BCUT2D eigenvalue weighted by atomic mass is 19.1. The highest BCUT2D eigenvalue weighted by Crippen LogP contribution is 2.23. The molecule has 1 aromatic heterocycles. The van der Waals surface area contributed by atoms with Gasteiger partial charge >= 0.3 is 5.97 Å². The summed E-state index contributed by atoms with van der Waals surface area (Å²) in [7, 11) is 0. The molecule has 0 unspecified atom stereocenters. The normalized spacial score (nSPS) is 10.4. The Bertz CT molecular complexity index is 765. The SMILES string of the molecule is CCOC(=O)c1c(OCC)c(C)cn(-c2ccc(F)cc2)c1=O. The Balaban J connectivity index is 2.69. The Morgan fingerprint density at radius 1 is 1.17 bits per heavy atom. The van der Waals surface area contributed by atoms with Crippen LogP contribution in [0.15, 0.2) is 35.3 Å². The maximum atomic E-state index is 13.1. The number of aryl methyl sites for hydroxylation is 1. The molecule has 122 valence electrons. The van der Waals surface area contributed by atoms with Gasteiger partial charge in [0, 0.05) is 17.4 Å². The third-order valence-electron chi connectivity index (χ3n) is 3.21. The van der Waals surface area contributed by atoms with Crippen molar-refractivity contribution in [3.8, 4) is 11.4 Å². The van der Waals surface area contributed by atoms with E-state index >= 15 is 0 Å². The van der Waals surface area contributed by atoms with Crippen LogP contribution in [0.5, 0.6) is 5.75 Å². The number of halogens is 1. The van der Waals surface area contributed by atoms with E-state index in [9.17, 15) is 14.0 Å². The van der Waals surface area contributed by atoms with Gasteiger partial charge in [-0.25, -0.2) is 9.18 Å². The summed E-state index contributed by atoms with van der Waals surface area (Å²) in [5.41, 5.74) is 0.342. The number of nitrogens with zero attached hydrogens (tertiary/aromatic N) is 1. The van der Waals surface area contributed by atoms with Gasteiger partial charge in [0.05, 0.1) is 13.2 Å². The maximum Gasteiger partial charge on any atom is 0.347 e. The maximum absolute atomic E-state index is 13.1. The molecule has 0 fully saturated rings. The molecule has 1 aromatic carbocycles. The number of carbonyl (C=O) groups is 1. The van der Waals surface area contributed by atoms with E-state index < -0.39 is 17.3 Å². The summed E-state index contributed by atoms with van der Waals surface area (Å²) in [6.07, 6.45) is 1.56. The van der Waals surface area contributed by atoms with E-state index in [1.165, 1.54) is 28.8 Å². The van der Waals surface area contributed by atoms with Crippen molar-refractivity contribution in [2.24, 2.45) is 0 Å². The molecule has 0 N–H and O–H groups in total. The molecule has 0 bridgehead atoms. The number of pyridine rings is 1. The fraction of sp³-hybridized carbons (Fsp3) is 0.294. The van der Waals surface area contributed by atoms with Crippen LogP contribution in [0.1, 0.15) is 29.8 Å². The number of ether oxygens (including phenoxy) is 2. The Hall–Kier alpha value is -2.63. The van der Waals surface area contributed by atoms with E-state index in [0.29, 0.717) is 17.9 Å². The van der Waals surface area contributed by atoms with E-state index in [2.05, 4.69) is 0 Å². The molecule has 5 nitrogen and oxygen atoms in total. The average molecular weight is 319 g/mol. The van der Waals surface area contributed by atoms with E-state index in [1.807, 2.05) is 0 Å². The lowest BCUT2D eigenvalue weighted by Gasteiger charge is -2.15. The van der Waals surface area contributed by atoms with Crippen LogP contribution in [-0.4, -0.2) is 23.8 Å². The zero-order valence-electron chi connectivity index (χ0n) is 13.3. The molecule has 0 amide bonds. The first-order valence-corrected chi connectivity index (χ1v) is 7.31. The van der Waals surface area contributed by atoms with Gasteiger partial charge in [-0.05, 0) is 45.0 Å². The van der Waals surface area contributed by atoms with Gasteiger partial charge in [-0.3, -0.25) is 9.36 Å². The smallest absolute Gasteiger partial charge is 0.347 e. The van der Waals surface area contributed by atoms with Gasteiger partial charge in [0.25, 0.3) is 5.56 Å². The minimum Gasteiger partial charge on any atom is -0.492 e. The number of benzene rings is 1. The molecule has 0 aliphatic carbocycles. The van der Waals surface area contributed by atoms with Crippen LogP contribution in [0.3, 0.4) is 0 Å². The van der Waals surface area contributed by atoms with Gasteiger partial charge in [-0.2, -0.15) is 0 Å². The topological polar surface area (TPSA) is 57.5 Å². The zero-order valence-corrected chi connectivity index (χ0v) is 13.3. The lowest BCUT2D eigenvalue weighted by atomic mass is 10.1. The molecule has 0 saturated carbocycles. The summed E-state index contributed by atoms with van der Waals surface area (Å²) in [6.45, 7) is 5.61. The first-order valence-electron chi connectivity index (χ1n) is 7.31. The Morgan fingerprint density at radius 2 is 1.83 bits per heavy atom. The van der Waals surface area contributed by atoms with Crippen LogP contribution in [0.25, 0.3) is 5.69 Å². The summed E-state index contributed by atoms with van der Waals surface area (Å²) < 4.78 is 24.8. The molecule has 0 atom stereocenters. The highest BCUT2D eigenvalue weighted by Gasteiger charge is 2.23. The summed E-state index contributed by atoms with van der Waals surface area (Å²) >= 11 is 0. The lowest BCUT2D eigenvalue weighted by Crippen LogP contribution is -2.28. The molecule has 6 heteroatoms. The summed E-state index contributed by atoms with van der Waals surface area (Å²) in [5.74, 6) is -0.926. The van der Waals surface area contributed by atoms with Crippen molar-refractivity contribution >= 4 is 5.97 Å². The fourth-order valence-corrected chi connectivity index (χ4v) is 2.23. The molecule has 23 heavy (non-hydrogen) atoms. The summed E-state index contributed by atoms with van der Waals surface area (Å²) in [5, 5.41) is 0. The number of esters is 1. The minimum absolute atomic E-state index is 0.147. The second kappa shape index (κ2) is 7.09. The number of hydrogen-bond donors (Lipinski definition) is 0. The second-order valence-electron chi connectivity index (χ2n) is 4.82. The molecular formula is C17H18FNO4. The van der Waals surface area contributed by atoms with E-state index in [0.717, 1.165) is 0 Å². The average Bonchev–Trinajstić information content (AvgIpc) is 2.52. The van der Waals surface area contributed by atoms with Gasteiger partial charge in [-0.1, -0.05) is 0 Å². The Morgan fingerprint density at radius 3 is 2.39 bits per heavy atom. The number of carbonyl (C=O) groups excluding carboxylic acids is 1. The van der Waals surface area contributed by atoms with Gasteiger partial charge in [0.1, 0.15) is 11.6 Å². The zero-order chi connectivity index (χ0) is 17.0. The van der Waals surface area contributed by atoms with Gasteiger partial charge in [-0.15, -0.1) is 0 Å². The lowest BCUT2D eigenvalue weighted by molar-refractivity contribution is 0.0519. The number of hydrogen-bond acceptors (Lipinski definition) is 4. The molecule has 1 heterocycles. The first-order chi connectivity index (χ1) is 11.0. The largest absolute Gasteiger partial charge is 0.492 e. The minimum atomic E-state index is -0.736. The Kier molecular flexibility index (Phi) is 5.16. The van der Waals surface area contributed by atoms with Crippen molar-refractivity contribution in [2.45, 2.75) is 20.8 Å². The van der Waals surface area contributed by atoms with Crippen molar-refractivity contribution in [3.05, 3.63) is 57.8 Å². The first kappa shape index (κ1) is 16.7. The van der Waals surface area contributed by atoms with E-state index in [4.69, 9.17) is 9.47 Å². The van der Waals surface area contributed by atoms with Crippen molar-refractivity contribution in [1.29, 1.82) is 0 Å². The van der Waals surface area contributed by atoms with Crippen LogP contribution in [0.4, 0.5) is 4.39 Å². The third kappa shape index (κ3) is 3.41. The van der Waals surface area contributed by atoms with E-state index in [1.54, 1.807) is 27.0 Å². The summed E-state index contributed by atoms with van der Waals surface area (Å²) in [6, 6.07) is 5.42. The van der Waals surface area contributed by atoms with Gasteiger partial charge in [0.15, 0.2) is 5.56 Å². The molecule has 0 saturated heterocycles. The van der Waals surface area contributed by atoms with Gasteiger partial charge in [0.2, 0.25) is 0 Å². The molecular weight excluding hydrogens is 301 g/mol. The molecule has 0 radical (unpaired) electrons. The van der Waals surface area contributed by atoms with Crippen molar-refractivity contribution in [1.82, 2.24) is 4.57 Å². The van der Waals surface area contributed by atoms with Crippen molar-refractivity contribution in [3.63, 3.8) is 0 Å². The predicted octanol–water partition coefficient (Wildman–Crippen LogP) is 2.86. The van der Waals surface area contributed by atoms with Crippen molar-refractivity contribution in [2.75, 3.05) is 13.2 Å². The Labute approximate surface area is 133 Å². The second-order valence-corrected chi connectivity index (χ2v) is 4.82. The van der Waals surface area contributed by atoms with Gasteiger partial charge < -0.3 is 9.47 Å². The predicted molar refractivity (Wildman–Crippen MR) is 83.9 cm³/mol. The molecule has 0 aliphatic rings. The summed E-state index contributed by atoms with van der Waals surface area (Å²) in [4.78, 5) is 24.9. The fourth-order valence-electron chi connectivity index (χ4n) is 2.23. The highest BCUT2D eigenvalue weighted by molar-refractivity contribution is 5.92. The van der Waals surface area contributed by atoms with Crippen LogP contribution in [0, 0.1) is 12.7 Å². The molecule has 2 aromatic rings. The molecule has 2 rings (SSSR count). The quantitative estimate of drug-likeness (QED) is 0.795. The number of rotatable bonds is 5. The van der Waals surface area contributed by atoms with Crippen LogP contribution < -0.4 is 10.3 Å². The third-order valence-corrected chi connectivity index (χ3v) is 3.21. The molecule has 0 spiro atoms. The van der Waals surface area contributed by atoms with Crippen molar-refractivity contribution < 1.29 is 18.7 Å². The monoisotopic (exact) mass is 319 g/mol. The number of aromatic nitrogens is 1. The standard InChI is InChI=1S/C17H18FNO4/c1-4-22-15-11(3)10-19(13-8-6-12(18)7-9-13)16(20)14(15)17(21)23-5-2/h6-10H,4-5H2,1-3H3. The van der Waals surface area contributed by atoms with Crippen LogP contribution in [0.2, 0.25) is 0 Å². The van der Waals surface area contributed by atoms with E-state index in [-0.39, 0.29) is 17.9 Å². The van der Waals surface area contributed by atoms with Crippen LogP contribution in [-0.2, 0) is 4.74 Å². The molecule has 0 aliphatic heterocycles.